The van der Waals surface area contributed by atoms with Crippen LogP contribution in [0.15, 0.2) is 11.1 Å². The first-order valence-electron chi connectivity index (χ1n) is 14.2. The molecule has 188 valence electrons. The van der Waals surface area contributed by atoms with E-state index in [0.717, 1.165) is 54.8 Å². The molecule has 8 atom stereocenters. The van der Waals surface area contributed by atoms with Crippen LogP contribution in [0.1, 0.15) is 112 Å². The van der Waals surface area contributed by atoms with Gasteiger partial charge in [0.25, 0.3) is 0 Å². The number of fused-ring (bicyclic) bond motifs is 5. The second-order valence-electron chi connectivity index (χ2n) is 13.3. The number of nitrogens with two attached hydrogens (primary N) is 1. The van der Waals surface area contributed by atoms with E-state index >= 15 is 0 Å². The molecule has 3 saturated carbocycles. The Labute approximate surface area is 203 Å². The summed E-state index contributed by atoms with van der Waals surface area (Å²) in [6, 6.07) is 0. The molecule has 4 aliphatic carbocycles. The van der Waals surface area contributed by atoms with Crippen molar-refractivity contribution in [3.8, 4) is 0 Å². The number of carbonyl (C=O) groups is 1. The lowest BCUT2D eigenvalue weighted by Gasteiger charge is -2.59. The van der Waals surface area contributed by atoms with Gasteiger partial charge in [-0.1, -0.05) is 65.0 Å². The monoisotopic (exact) mass is 457 g/mol. The van der Waals surface area contributed by atoms with E-state index in [2.05, 4.69) is 34.6 Å². The maximum Gasteiger partial charge on any atom is 0.302 e. The predicted molar refractivity (Wildman–Crippen MR) is 137 cm³/mol. The van der Waals surface area contributed by atoms with Gasteiger partial charge >= 0.3 is 5.97 Å². The van der Waals surface area contributed by atoms with Crippen LogP contribution in [0.2, 0.25) is 0 Å². The molecule has 0 bridgehead atoms. The molecular formula is C30H51NO2. The van der Waals surface area contributed by atoms with Crippen LogP contribution >= 0.6 is 0 Å². The molecule has 0 aliphatic heterocycles. The van der Waals surface area contributed by atoms with Crippen molar-refractivity contribution in [1.82, 2.24) is 0 Å². The van der Waals surface area contributed by atoms with Gasteiger partial charge < -0.3 is 10.5 Å². The van der Waals surface area contributed by atoms with Gasteiger partial charge in [-0.2, -0.15) is 0 Å². The molecule has 33 heavy (non-hydrogen) atoms. The highest BCUT2D eigenvalue weighted by Gasteiger charge is 2.60. The van der Waals surface area contributed by atoms with Crippen molar-refractivity contribution in [3.63, 3.8) is 0 Å². The molecule has 0 aromatic carbocycles. The summed E-state index contributed by atoms with van der Waals surface area (Å²) in [5.41, 5.74) is 10.3. The van der Waals surface area contributed by atoms with Crippen molar-refractivity contribution in [2.24, 2.45) is 52.1 Å². The fourth-order valence-corrected chi connectivity index (χ4v) is 9.47. The Bertz CT molecular complexity index is 756. The van der Waals surface area contributed by atoms with Crippen LogP contribution in [0.3, 0.4) is 0 Å². The molecule has 0 heterocycles. The van der Waals surface area contributed by atoms with Crippen LogP contribution in [-0.4, -0.2) is 18.6 Å². The number of hydrogen-bond donors (Lipinski definition) is 1. The second-order valence-corrected chi connectivity index (χ2v) is 13.3. The third-order valence-corrected chi connectivity index (χ3v) is 11.1. The van der Waals surface area contributed by atoms with E-state index in [-0.39, 0.29) is 17.5 Å². The Morgan fingerprint density at radius 3 is 2.45 bits per heavy atom. The van der Waals surface area contributed by atoms with Gasteiger partial charge in [0.05, 0.1) is 0 Å². The van der Waals surface area contributed by atoms with Gasteiger partial charge in [0.15, 0.2) is 0 Å². The predicted octanol–water partition coefficient (Wildman–Crippen LogP) is 7.29. The van der Waals surface area contributed by atoms with Crippen LogP contribution in [0, 0.1) is 46.3 Å². The van der Waals surface area contributed by atoms with Crippen molar-refractivity contribution in [2.75, 3.05) is 6.54 Å². The summed E-state index contributed by atoms with van der Waals surface area (Å²) in [6.45, 7) is 14.7. The smallest absolute Gasteiger partial charge is 0.302 e. The molecule has 0 amide bonds. The molecule has 3 fully saturated rings. The first-order valence-corrected chi connectivity index (χ1v) is 14.2. The van der Waals surface area contributed by atoms with E-state index in [4.69, 9.17) is 10.5 Å². The van der Waals surface area contributed by atoms with Gasteiger partial charge in [-0.3, -0.25) is 4.79 Å². The summed E-state index contributed by atoms with van der Waals surface area (Å²) >= 11 is 0. The zero-order valence-corrected chi connectivity index (χ0v) is 22.4. The zero-order valence-electron chi connectivity index (χ0n) is 22.4. The molecule has 3 heteroatoms. The first-order chi connectivity index (χ1) is 15.6. The average molecular weight is 458 g/mol. The molecule has 4 aliphatic rings. The minimum Gasteiger partial charge on any atom is -0.462 e. The Morgan fingerprint density at radius 1 is 1.03 bits per heavy atom. The highest BCUT2D eigenvalue weighted by Crippen LogP contribution is 2.68. The van der Waals surface area contributed by atoms with E-state index in [1.54, 1.807) is 12.5 Å². The fourth-order valence-electron chi connectivity index (χ4n) is 9.47. The summed E-state index contributed by atoms with van der Waals surface area (Å²) in [7, 11) is 0. The quantitative estimate of drug-likeness (QED) is 0.322. The standard InChI is InChI=1S/C30H51NO2/c1-19(2)8-7-9-20(3)25-10-11-26-24-16-22(18-31)28-17-23(33-21(4)32)12-14-30(28,6)27(24)13-15-29(25,26)5/h19-20,23-27H,7-18,31H2,1-6H3/t20-,23+,24+,25-,26+,27+,29-,30-/m1/s1. The summed E-state index contributed by atoms with van der Waals surface area (Å²) in [5.74, 6) is 4.89. The fraction of sp³-hybridized carbons (Fsp3) is 0.900. The lowest BCUT2D eigenvalue weighted by molar-refractivity contribution is -0.148. The zero-order chi connectivity index (χ0) is 24.0. The third-order valence-electron chi connectivity index (χ3n) is 11.1. The van der Waals surface area contributed by atoms with E-state index in [1.165, 1.54) is 56.9 Å². The molecule has 0 saturated heterocycles. The molecule has 2 N–H and O–H groups in total. The van der Waals surface area contributed by atoms with Crippen molar-refractivity contribution in [1.29, 1.82) is 0 Å². The molecule has 0 aromatic rings. The molecule has 0 radical (unpaired) electrons. The van der Waals surface area contributed by atoms with Crippen LogP contribution in [0.4, 0.5) is 0 Å². The van der Waals surface area contributed by atoms with Gasteiger partial charge in [0.2, 0.25) is 0 Å². The van der Waals surface area contributed by atoms with Gasteiger partial charge in [0, 0.05) is 19.9 Å². The Hall–Kier alpha value is -0.830. The molecule has 4 rings (SSSR count). The molecular weight excluding hydrogens is 406 g/mol. The van der Waals surface area contributed by atoms with Crippen LogP contribution in [0.25, 0.3) is 0 Å². The number of ether oxygens (including phenoxy) is 1. The van der Waals surface area contributed by atoms with Gasteiger partial charge in [-0.25, -0.2) is 0 Å². The maximum atomic E-state index is 11.6. The van der Waals surface area contributed by atoms with Crippen LogP contribution in [-0.2, 0) is 9.53 Å². The van der Waals surface area contributed by atoms with Crippen molar-refractivity contribution >= 4 is 5.97 Å². The lowest BCUT2D eigenvalue weighted by Crippen LogP contribution is -2.52. The topological polar surface area (TPSA) is 52.3 Å². The van der Waals surface area contributed by atoms with E-state index < -0.39 is 0 Å². The summed E-state index contributed by atoms with van der Waals surface area (Å²) in [5, 5.41) is 0. The number of esters is 1. The van der Waals surface area contributed by atoms with Crippen molar-refractivity contribution in [2.45, 2.75) is 118 Å². The minimum absolute atomic E-state index is 0.0556. The Kier molecular flexibility index (Phi) is 7.40. The highest BCUT2D eigenvalue weighted by molar-refractivity contribution is 5.66. The third kappa shape index (κ3) is 4.57. The molecule has 0 unspecified atom stereocenters. The SMILES string of the molecule is CC(=O)O[C@H]1CC[C@@]2(C)C(=C(CN)C[C@H]3[C@@H]4CC[C@H]([C@H](C)CCCC(C)C)[C@@]4(C)CC[C@@H]32)C1. The summed E-state index contributed by atoms with van der Waals surface area (Å²) in [4.78, 5) is 11.6. The van der Waals surface area contributed by atoms with E-state index in [0.29, 0.717) is 12.0 Å². The average Bonchev–Trinajstić information content (AvgIpc) is 3.10. The summed E-state index contributed by atoms with van der Waals surface area (Å²) in [6.07, 6.45) is 14.2. The molecule has 3 nitrogen and oxygen atoms in total. The van der Waals surface area contributed by atoms with Gasteiger partial charge in [-0.15, -0.1) is 0 Å². The Balaban J connectivity index is 1.54. The number of rotatable bonds is 7. The maximum absolute atomic E-state index is 11.6. The van der Waals surface area contributed by atoms with Gasteiger partial charge in [-0.05, 0) is 91.3 Å². The highest BCUT2D eigenvalue weighted by atomic mass is 16.5. The van der Waals surface area contributed by atoms with E-state index in [9.17, 15) is 4.79 Å². The minimum atomic E-state index is -0.139. The Morgan fingerprint density at radius 2 is 1.79 bits per heavy atom. The van der Waals surface area contributed by atoms with Crippen LogP contribution < -0.4 is 5.73 Å². The summed E-state index contributed by atoms with van der Waals surface area (Å²) < 4.78 is 5.67. The van der Waals surface area contributed by atoms with E-state index in [1.807, 2.05) is 0 Å². The second kappa shape index (κ2) is 9.67. The number of carbonyl (C=O) groups excluding carboxylic acids is 1. The largest absolute Gasteiger partial charge is 0.462 e. The van der Waals surface area contributed by atoms with Crippen molar-refractivity contribution < 1.29 is 9.53 Å². The van der Waals surface area contributed by atoms with Gasteiger partial charge in [0.1, 0.15) is 6.10 Å². The number of hydrogen-bond acceptors (Lipinski definition) is 3. The first kappa shape index (κ1) is 25.3. The molecule has 0 aromatic heterocycles. The lowest BCUT2D eigenvalue weighted by atomic mass is 9.46. The normalized spacial score (nSPS) is 41.4. The van der Waals surface area contributed by atoms with Crippen LogP contribution in [0.5, 0.6) is 0 Å². The molecule has 0 spiro atoms. The van der Waals surface area contributed by atoms with Crippen molar-refractivity contribution in [3.05, 3.63) is 11.1 Å².